The van der Waals surface area contributed by atoms with Crippen LogP contribution < -0.4 is 14.8 Å². The van der Waals surface area contributed by atoms with Gasteiger partial charge in [0.2, 0.25) is 0 Å². The molecule has 0 radical (unpaired) electrons. The smallest absolute Gasteiger partial charge is 0.175 e. The molecular formula is C19H23BrClNO3. The molecule has 0 saturated carbocycles. The average molecular weight is 429 g/mol. The summed E-state index contributed by atoms with van der Waals surface area (Å²) in [5.74, 6) is 1.29. The van der Waals surface area contributed by atoms with E-state index in [-0.39, 0.29) is 12.6 Å². The Labute approximate surface area is 162 Å². The molecule has 2 aromatic carbocycles. The third-order valence-electron chi connectivity index (χ3n) is 3.93. The summed E-state index contributed by atoms with van der Waals surface area (Å²) in [5.41, 5.74) is 1.96. The Bertz CT molecular complexity index is 692. The van der Waals surface area contributed by atoms with Crippen LogP contribution in [0.4, 0.5) is 0 Å². The van der Waals surface area contributed by atoms with E-state index in [0.29, 0.717) is 29.7 Å². The molecule has 6 heteroatoms. The van der Waals surface area contributed by atoms with Crippen LogP contribution in [0.5, 0.6) is 11.5 Å². The molecule has 1 atom stereocenters. The minimum absolute atomic E-state index is 0.0842. The fourth-order valence-electron chi connectivity index (χ4n) is 2.38. The Morgan fingerprint density at radius 1 is 1.28 bits per heavy atom. The van der Waals surface area contributed by atoms with Gasteiger partial charge in [0, 0.05) is 23.2 Å². The second kappa shape index (κ2) is 10.0. The van der Waals surface area contributed by atoms with Crippen molar-refractivity contribution in [3.63, 3.8) is 0 Å². The van der Waals surface area contributed by atoms with Gasteiger partial charge in [-0.2, -0.15) is 0 Å². The molecule has 0 aliphatic carbocycles. The molecule has 0 heterocycles. The van der Waals surface area contributed by atoms with E-state index in [4.69, 9.17) is 21.1 Å². The minimum atomic E-state index is 0.0842. The van der Waals surface area contributed by atoms with Crippen LogP contribution in [0, 0.1) is 0 Å². The fraction of sp³-hybridized carbons (Fsp3) is 0.368. The van der Waals surface area contributed by atoms with E-state index >= 15 is 0 Å². The highest BCUT2D eigenvalue weighted by atomic mass is 79.9. The highest BCUT2D eigenvalue weighted by Crippen LogP contribution is 2.37. The second-order valence-corrected chi connectivity index (χ2v) is 6.92. The van der Waals surface area contributed by atoms with Crippen molar-refractivity contribution < 1.29 is 14.6 Å². The van der Waals surface area contributed by atoms with Crippen molar-refractivity contribution in [2.75, 3.05) is 13.7 Å². The molecule has 0 aliphatic heterocycles. The Morgan fingerprint density at radius 2 is 2.04 bits per heavy atom. The number of halogens is 2. The van der Waals surface area contributed by atoms with E-state index in [9.17, 15) is 5.11 Å². The molecule has 0 aliphatic rings. The van der Waals surface area contributed by atoms with Crippen LogP contribution in [0.15, 0.2) is 40.9 Å². The SMILES string of the molecule is CC[C@H](CO)NCc1cc(Br)c(OCc2ccccc2Cl)c(OC)c1. The minimum Gasteiger partial charge on any atom is -0.493 e. The summed E-state index contributed by atoms with van der Waals surface area (Å²) in [6, 6.07) is 11.6. The summed E-state index contributed by atoms with van der Waals surface area (Å²) >= 11 is 9.73. The van der Waals surface area contributed by atoms with Gasteiger partial charge < -0.3 is 19.9 Å². The molecular weight excluding hydrogens is 406 g/mol. The maximum absolute atomic E-state index is 9.28. The van der Waals surface area contributed by atoms with E-state index in [2.05, 4.69) is 21.2 Å². The number of aliphatic hydroxyl groups excluding tert-OH is 1. The predicted octanol–water partition coefficient (Wildman–Crippen LogP) is 4.55. The average Bonchev–Trinajstić information content (AvgIpc) is 2.62. The maximum Gasteiger partial charge on any atom is 0.175 e. The normalized spacial score (nSPS) is 12.0. The molecule has 2 aromatic rings. The van der Waals surface area contributed by atoms with Crippen molar-refractivity contribution in [2.45, 2.75) is 32.5 Å². The summed E-state index contributed by atoms with van der Waals surface area (Å²) in [5, 5.41) is 13.3. The van der Waals surface area contributed by atoms with Gasteiger partial charge in [0.05, 0.1) is 18.2 Å². The van der Waals surface area contributed by atoms with E-state index in [1.54, 1.807) is 7.11 Å². The number of rotatable bonds is 9. The first-order chi connectivity index (χ1) is 12.1. The van der Waals surface area contributed by atoms with E-state index in [0.717, 1.165) is 22.0 Å². The number of benzene rings is 2. The molecule has 0 aromatic heterocycles. The second-order valence-electron chi connectivity index (χ2n) is 5.66. The maximum atomic E-state index is 9.28. The molecule has 0 unspecified atom stereocenters. The van der Waals surface area contributed by atoms with Crippen molar-refractivity contribution in [1.29, 1.82) is 0 Å². The number of methoxy groups -OCH3 is 1. The van der Waals surface area contributed by atoms with Crippen molar-refractivity contribution >= 4 is 27.5 Å². The van der Waals surface area contributed by atoms with Gasteiger partial charge in [-0.3, -0.25) is 0 Å². The Kier molecular flexibility index (Phi) is 8.03. The number of ether oxygens (including phenoxy) is 2. The van der Waals surface area contributed by atoms with Crippen LogP contribution in [-0.4, -0.2) is 24.9 Å². The largest absolute Gasteiger partial charge is 0.493 e. The number of hydrogen-bond donors (Lipinski definition) is 2. The predicted molar refractivity (Wildman–Crippen MR) is 104 cm³/mol. The highest BCUT2D eigenvalue weighted by molar-refractivity contribution is 9.10. The molecule has 25 heavy (non-hydrogen) atoms. The molecule has 0 saturated heterocycles. The lowest BCUT2D eigenvalue weighted by atomic mass is 10.1. The lowest BCUT2D eigenvalue weighted by molar-refractivity contribution is 0.238. The van der Waals surface area contributed by atoms with Crippen molar-refractivity contribution in [1.82, 2.24) is 5.32 Å². The van der Waals surface area contributed by atoms with Crippen LogP contribution >= 0.6 is 27.5 Å². The monoisotopic (exact) mass is 427 g/mol. The molecule has 136 valence electrons. The first-order valence-corrected chi connectivity index (χ1v) is 9.33. The van der Waals surface area contributed by atoms with Gasteiger partial charge in [-0.1, -0.05) is 36.7 Å². The van der Waals surface area contributed by atoms with E-state index in [1.807, 2.05) is 43.3 Å². The lowest BCUT2D eigenvalue weighted by Gasteiger charge is -2.17. The summed E-state index contributed by atoms with van der Waals surface area (Å²) in [4.78, 5) is 0. The fourth-order valence-corrected chi connectivity index (χ4v) is 3.18. The summed E-state index contributed by atoms with van der Waals surface area (Å²) in [7, 11) is 1.61. The van der Waals surface area contributed by atoms with Crippen LogP contribution in [0.3, 0.4) is 0 Å². The molecule has 2 N–H and O–H groups in total. The van der Waals surface area contributed by atoms with E-state index < -0.39 is 0 Å². The standard InChI is InChI=1S/C19H23BrClNO3/c1-3-15(11-23)22-10-13-8-16(20)19(18(9-13)24-2)25-12-14-6-4-5-7-17(14)21/h4-9,15,22-23H,3,10-12H2,1-2H3/t15-/m1/s1. The first-order valence-electron chi connectivity index (χ1n) is 8.15. The Balaban J connectivity index is 2.12. The van der Waals surface area contributed by atoms with Gasteiger partial charge in [0.15, 0.2) is 11.5 Å². The van der Waals surface area contributed by atoms with Crippen molar-refractivity contribution in [3.05, 3.63) is 57.0 Å². The highest BCUT2D eigenvalue weighted by Gasteiger charge is 2.13. The zero-order chi connectivity index (χ0) is 18.2. The van der Waals surface area contributed by atoms with Crippen molar-refractivity contribution in [2.24, 2.45) is 0 Å². The molecule has 2 rings (SSSR count). The Morgan fingerprint density at radius 3 is 2.68 bits per heavy atom. The number of nitrogens with one attached hydrogen (secondary N) is 1. The molecule has 4 nitrogen and oxygen atoms in total. The lowest BCUT2D eigenvalue weighted by Crippen LogP contribution is -2.31. The van der Waals surface area contributed by atoms with Crippen LogP contribution in [-0.2, 0) is 13.2 Å². The Hall–Kier alpha value is -1.27. The van der Waals surface area contributed by atoms with Gasteiger partial charge in [-0.25, -0.2) is 0 Å². The van der Waals surface area contributed by atoms with Crippen LogP contribution in [0.2, 0.25) is 5.02 Å². The van der Waals surface area contributed by atoms with Crippen LogP contribution in [0.25, 0.3) is 0 Å². The van der Waals surface area contributed by atoms with Gasteiger partial charge in [-0.15, -0.1) is 0 Å². The topological polar surface area (TPSA) is 50.7 Å². The van der Waals surface area contributed by atoms with Gasteiger partial charge in [-0.05, 0) is 46.1 Å². The third kappa shape index (κ3) is 5.61. The molecule has 0 fully saturated rings. The van der Waals surface area contributed by atoms with Gasteiger partial charge in [0.1, 0.15) is 6.61 Å². The number of aliphatic hydroxyl groups is 1. The quantitative estimate of drug-likeness (QED) is 0.615. The van der Waals surface area contributed by atoms with Crippen molar-refractivity contribution in [3.8, 4) is 11.5 Å². The van der Waals surface area contributed by atoms with Gasteiger partial charge in [0.25, 0.3) is 0 Å². The zero-order valence-corrected chi connectivity index (χ0v) is 16.7. The van der Waals surface area contributed by atoms with E-state index in [1.165, 1.54) is 0 Å². The van der Waals surface area contributed by atoms with Crippen LogP contribution in [0.1, 0.15) is 24.5 Å². The molecule has 0 amide bonds. The van der Waals surface area contributed by atoms with Gasteiger partial charge >= 0.3 is 0 Å². The zero-order valence-electron chi connectivity index (χ0n) is 14.4. The molecule has 0 spiro atoms. The summed E-state index contributed by atoms with van der Waals surface area (Å²) in [6.07, 6.45) is 0.869. The summed E-state index contributed by atoms with van der Waals surface area (Å²) in [6.45, 7) is 3.15. The molecule has 0 bridgehead atoms. The number of hydrogen-bond acceptors (Lipinski definition) is 4. The third-order valence-corrected chi connectivity index (χ3v) is 4.88. The summed E-state index contributed by atoms with van der Waals surface area (Å²) < 4.78 is 12.2. The first kappa shape index (κ1) is 20.0.